The number of carbonyl (C=O) groups is 2. The first-order valence-electron chi connectivity index (χ1n) is 9.50. The van der Waals surface area contributed by atoms with E-state index in [2.05, 4.69) is 24.5 Å². The summed E-state index contributed by atoms with van der Waals surface area (Å²) in [4.78, 5) is 26.7. The summed E-state index contributed by atoms with van der Waals surface area (Å²) in [5.41, 5.74) is 4.50. The van der Waals surface area contributed by atoms with Gasteiger partial charge in [-0.25, -0.2) is 4.79 Å². The van der Waals surface area contributed by atoms with Gasteiger partial charge < -0.3 is 15.5 Å². The van der Waals surface area contributed by atoms with E-state index in [1.54, 1.807) is 4.90 Å². The molecule has 0 unspecified atom stereocenters. The van der Waals surface area contributed by atoms with Gasteiger partial charge in [-0.05, 0) is 55.5 Å². The molecule has 2 N–H and O–H groups in total. The second-order valence-corrected chi connectivity index (χ2v) is 7.48. The molecule has 5 nitrogen and oxygen atoms in total. The van der Waals surface area contributed by atoms with Gasteiger partial charge in [-0.2, -0.15) is 0 Å². The molecule has 0 fully saturated rings. The molecule has 0 spiro atoms. The van der Waals surface area contributed by atoms with Crippen LogP contribution >= 0.6 is 0 Å². The van der Waals surface area contributed by atoms with Crippen LogP contribution in [0.5, 0.6) is 0 Å². The first-order valence-corrected chi connectivity index (χ1v) is 9.50. The minimum atomic E-state index is -0.218. The smallest absolute Gasteiger partial charge is 0.319 e. The number of amides is 3. The van der Waals surface area contributed by atoms with E-state index < -0.39 is 0 Å². The molecule has 3 amide bonds. The lowest BCUT2D eigenvalue weighted by Gasteiger charge is -2.18. The maximum absolute atomic E-state index is 12.9. The molecule has 0 radical (unpaired) electrons. The number of nitrogens with zero attached hydrogens (tertiary/aromatic N) is 1. The lowest BCUT2D eigenvalue weighted by molar-refractivity contribution is 0.0989. The van der Waals surface area contributed by atoms with E-state index in [0.29, 0.717) is 30.3 Å². The quantitative estimate of drug-likeness (QED) is 0.827. The van der Waals surface area contributed by atoms with E-state index in [1.165, 1.54) is 0 Å². The highest BCUT2D eigenvalue weighted by Gasteiger charge is 2.26. The number of urea groups is 1. The zero-order chi connectivity index (χ0) is 19.4. The maximum Gasteiger partial charge on any atom is 0.319 e. The lowest BCUT2D eigenvalue weighted by Crippen LogP contribution is -2.30. The van der Waals surface area contributed by atoms with Gasteiger partial charge in [-0.15, -0.1) is 0 Å². The van der Waals surface area contributed by atoms with Crippen molar-refractivity contribution in [1.29, 1.82) is 0 Å². The number of rotatable bonds is 5. The molecular weight excluding hydrogens is 338 g/mol. The van der Waals surface area contributed by atoms with E-state index in [9.17, 15) is 9.59 Å². The van der Waals surface area contributed by atoms with Crippen LogP contribution in [0.3, 0.4) is 0 Å². The van der Waals surface area contributed by atoms with Gasteiger partial charge in [0.2, 0.25) is 0 Å². The van der Waals surface area contributed by atoms with Crippen LogP contribution in [0, 0.1) is 12.8 Å². The molecule has 1 aliphatic heterocycles. The third-order valence-corrected chi connectivity index (χ3v) is 4.79. The molecule has 0 saturated carbocycles. The fourth-order valence-corrected chi connectivity index (χ4v) is 3.17. The molecule has 3 rings (SSSR count). The van der Waals surface area contributed by atoms with Gasteiger partial charge in [0.25, 0.3) is 5.91 Å². The van der Waals surface area contributed by atoms with Crippen molar-refractivity contribution in [2.75, 3.05) is 23.3 Å². The highest BCUT2D eigenvalue weighted by atomic mass is 16.2. The molecule has 0 atom stereocenters. The van der Waals surface area contributed by atoms with Crippen LogP contribution in [-0.2, 0) is 6.42 Å². The predicted octanol–water partition coefficient (Wildman–Crippen LogP) is 4.37. The molecule has 1 heterocycles. The second kappa shape index (κ2) is 8.25. The Balaban J connectivity index is 1.70. The van der Waals surface area contributed by atoms with E-state index in [4.69, 9.17) is 0 Å². The molecule has 0 bridgehead atoms. The van der Waals surface area contributed by atoms with Crippen molar-refractivity contribution in [2.24, 2.45) is 5.92 Å². The standard InChI is InChI=1S/C22H27N3O2/c1-15(2)10-12-23-22(27)24-19-9-8-17-11-13-25(20(17)14-19)21(26)18-6-4-16(3)5-7-18/h4-9,14-15H,10-13H2,1-3H3,(H2,23,24,27). The van der Waals surface area contributed by atoms with Crippen molar-refractivity contribution in [1.82, 2.24) is 5.32 Å². The Morgan fingerprint density at radius 3 is 2.56 bits per heavy atom. The molecule has 5 heteroatoms. The molecule has 2 aromatic carbocycles. The van der Waals surface area contributed by atoms with Crippen LogP contribution in [-0.4, -0.2) is 25.0 Å². The third-order valence-electron chi connectivity index (χ3n) is 4.79. The molecule has 1 aliphatic rings. The van der Waals surface area contributed by atoms with Gasteiger partial charge in [0, 0.05) is 30.0 Å². The Labute approximate surface area is 160 Å². The highest BCUT2D eigenvalue weighted by Crippen LogP contribution is 2.32. The summed E-state index contributed by atoms with van der Waals surface area (Å²) < 4.78 is 0. The molecule has 27 heavy (non-hydrogen) atoms. The lowest BCUT2D eigenvalue weighted by atomic mass is 10.1. The van der Waals surface area contributed by atoms with Crippen LogP contribution < -0.4 is 15.5 Å². The van der Waals surface area contributed by atoms with Crippen molar-refractivity contribution >= 4 is 23.3 Å². The number of fused-ring (bicyclic) bond motifs is 1. The first-order chi connectivity index (χ1) is 12.9. The molecule has 2 aromatic rings. The average Bonchev–Trinajstić information content (AvgIpc) is 3.04. The number of hydrogen-bond donors (Lipinski definition) is 2. The summed E-state index contributed by atoms with van der Waals surface area (Å²) in [5.74, 6) is 0.541. The van der Waals surface area contributed by atoms with Crippen molar-refractivity contribution in [3.8, 4) is 0 Å². The molecular formula is C22H27N3O2. The fraction of sp³-hybridized carbons (Fsp3) is 0.364. The van der Waals surface area contributed by atoms with E-state index in [-0.39, 0.29) is 11.9 Å². The molecule has 0 aromatic heterocycles. The zero-order valence-corrected chi connectivity index (χ0v) is 16.2. The van der Waals surface area contributed by atoms with E-state index >= 15 is 0 Å². The number of benzene rings is 2. The largest absolute Gasteiger partial charge is 0.338 e. The SMILES string of the molecule is Cc1ccc(C(=O)N2CCc3ccc(NC(=O)NCCC(C)C)cc32)cc1. The molecule has 142 valence electrons. The third kappa shape index (κ3) is 4.67. The topological polar surface area (TPSA) is 61.4 Å². The van der Waals surface area contributed by atoms with Crippen molar-refractivity contribution in [2.45, 2.75) is 33.6 Å². The summed E-state index contributed by atoms with van der Waals surface area (Å²) >= 11 is 0. The van der Waals surface area contributed by atoms with Gasteiger partial charge in [0.05, 0.1) is 0 Å². The Morgan fingerprint density at radius 2 is 1.85 bits per heavy atom. The van der Waals surface area contributed by atoms with Crippen LogP contribution in [0.1, 0.15) is 41.8 Å². The first kappa shape index (κ1) is 19.0. The number of hydrogen-bond acceptors (Lipinski definition) is 2. The summed E-state index contributed by atoms with van der Waals surface area (Å²) in [6, 6.07) is 13.2. The van der Waals surface area contributed by atoms with Crippen LogP contribution in [0.15, 0.2) is 42.5 Å². The van der Waals surface area contributed by atoms with Gasteiger partial charge in [-0.3, -0.25) is 4.79 Å². The highest BCUT2D eigenvalue weighted by molar-refractivity contribution is 6.07. The monoisotopic (exact) mass is 365 g/mol. The maximum atomic E-state index is 12.9. The predicted molar refractivity (Wildman–Crippen MR) is 109 cm³/mol. The number of anilines is 2. The normalized spacial score (nSPS) is 12.8. The Morgan fingerprint density at radius 1 is 1.11 bits per heavy atom. The summed E-state index contributed by atoms with van der Waals surface area (Å²) in [5, 5.41) is 5.73. The van der Waals surface area contributed by atoms with Gasteiger partial charge in [-0.1, -0.05) is 37.6 Å². The minimum Gasteiger partial charge on any atom is -0.338 e. The van der Waals surface area contributed by atoms with Crippen LogP contribution in [0.2, 0.25) is 0 Å². The Kier molecular flexibility index (Phi) is 5.79. The van der Waals surface area contributed by atoms with E-state index in [1.807, 2.05) is 49.4 Å². The van der Waals surface area contributed by atoms with Crippen molar-refractivity contribution < 1.29 is 9.59 Å². The van der Waals surface area contributed by atoms with Gasteiger partial charge in [0.1, 0.15) is 0 Å². The van der Waals surface area contributed by atoms with Crippen LogP contribution in [0.4, 0.5) is 16.2 Å². The summed E-state index contributed by atoms with van der Waals surface area (Å²) in [6.07, 6.45) is 1.77. The Bertz CT molecular complexity index is 828. The van der Waals surface area contributed by atoms with Crippen LogP contribution in [0.25, 0.3) is 0 Å². The average molecular weight is 365 g/mol. The number of nitrogens with one attached hydrogen (secondary N) is 2. The Hall–Kier alpha value is -2.82. The van der Waals surface area contributed by atoms with Gasteiger partial charge >= 0.3 is 6.03 Å². The second-order valence-electron chi connectivity index (χ2n) is 7.48. The number of carbonyl (C=O) groups excluding carboxylic acids is 2. The molecule has 0 aliphatic carbocycles. The van der Waals surface area contributed by atoms with Gasteiger partial charge in [0.15, 0.2) is 0 Å². The van der Waals surface area contributed by atoms with E-state index in [0.717, 1.165) is 29.7 Å². The summed E-state index contributed by atoms with van der Waals surface area (Å²) in [7, 11) is 0. The zero-order valence-electron chi connectivity index (χ0n) is 16.2. The number of aryl methyl sites for hydroxylation is 1. The fourth-order valence-electron chi connectivity index (χ4n) is 3.17. The van der Waals surface area contributed by atoms with Crippen molar-refractivity contribution in [3.05, 3.63) is 59.2 Å². The van der Waals surface area contributed by atoms with Crippen molar-refractivity contribution in [3.63, 3.8) is 0 Å². The molecule has 0 saturated heterocycles. The summed E-state index contributed by atoms with van der Waals surface area (Å²) in [6.45, 7) is 7.56. The minimum absolute atomic E-state index is 0.00714.